The van der Waals surface area contributed by atoms with E-state index < -0.39 is 0 Å². The molecule has 1 unspecified atom stereocenters. The zero-order chi connectivity index (χ0) is 12.8. The first-order valence-corrected chi connectivity index (χ1v) is 6.49. The first-order valence-electron chi connectivity index (χ1n) is 6.11. The number of rotatable bonds is 5. The van der Waals surface area contributed by atoms with Gasteiger partial charge in [-0.3, -0.25) is 4.90 Å². The number of aliphatic hydroxyl groups excluding tert-OH is 1. The largest absolute Gasteiger partial charge is 0.491 e. The number of hydrogen-bond donors (Lipinski definition) is 1. The van der Waals surface area contributed by atoms with E-state index >= 15 is 0 Å². The highest BCUT2D eigenvalue weighted by Crippen LogP contribution is 2.22. The molecule has 0 spiro atoms. The summed E-state index contributed by atoms with van der Waals surface area (Å²) in [5, 5.41) is 9.68. The Morgan fingerprint density at radius 1 is 1.44 bits per heavy atom. The molecule has 1 aliphatic heterocycles. The highest BCUT2D eigenvalue weighted by molar-refractivity contribution is 6.32. The molecule has 0 bridgehead atoms. The number of hydrogen-bond acceptors (Lipinski definition) is 4. The highest BCUT2D eigenvalue weighted by atomic mass is 35.5. The maximum absolute atomic E-state index is 9.05. The summed E-state index contributed by atoms with van der Waals surface area (Å²) in [4.78, 5) is 2.22. The SMILES string of the molecule is OCC1CN(CCOc2ccccc2Cl)CCO1. The van der Waals surface area contributed by atoms with Crippen LogP contribution in [0.3, 0.4) is 0 Å². The van der Waals surface area contributed by atoms with Crippen LogP contribution in [0.5, 0.6) is 5.75 Å². The van der Waals surface area contributed by atoms with Crippen LogP contribution in [0.25, 0.3) is 0 Å². The molecule has 0 radical (unpaired) electrons. The van der Waals surface area contributed by atoms with Crippen LogP contribution in [0, 0.1) is 0 Å². The van der Waals surface area contributed by atoms with Crippen molar-refractivity contribution in [3.63, 3.8) is 0 Å². The van der Waals surface area contributed by atoms with Crippen LogP contribution in [0.15, 0.2) is 24.3 Å². The molecule has 4 nitrogen and oxygen atoms in total. The van der Waals surface area contributed by atoms with Gasteiger partial charge in [-0.15, -0.1) is 0 Å². The third-order valence-electron chi connectivity index (χ3n) is 2.93. The fourth-order valence-corrected chi connectivity index (χ4v) is 2.13. The van der Waals surface area contributed by atoms with Crippen molar-refractivity contribution >= 4 is 11.6 Å². The molecule has 2 rings (SSSR count). The predicted octanol–water partition coefficient (Wildman–Crippen LogP) is 1.41. The van der Waals surface area contributed by atoms with Crippen molar-refractivity contribution in [1.82, 2.24) is 4.90 Å². The molecule has 1 aliphatic rings. The Morgan fingerprint density at radius 2 is 2.28 bits per heavy atom. The van der Waals surface area contributed by atoms with E-state index in [1.165, 1.54) is 0 Å². The Bertz CT molecular complexity index is 375. The van der Waals surface area contributed by atoms with Gasteiger partial charge in [0, 0.05) is 19.6 Å². The van der Waals surface area contributed by atoms with Gasteiger partial charge in [-0.2, -0.15) is 0 Å². The molecule has 18 heavy (non-hydrogen) atoms. The minimum absolute atomic E-state index is 0.0703. The second kappa shape index (κ2) is 6.95. The average Bonchev–Trinajstić information content (AvgIpc) is 2.41. The Hall–Kier alpha value is -0.810. The molecular formula is C13H18ClNO3. The average molecular weight is 272 g/mol. The molecule has 1 aromatic carbocycles. The molecular weight excluding hydrogens is 254 g/mol. The minimum Gasteiger partial charge on any atom is -0.491 e. The Labute approximate surface area is 112 Å². The van der Waals surface area contributed by atoms with Crippen LogP contribution in [0.2, 0.25) is 5.02 Å². The van der Waals surface area contributed by atoms with Gasteiger partial charge in [-0.1, -0.05) is 23.7 Å². The van der Waals surface area contributed by atoms with E-state index in [2.05, 4.69) is 4.90 Å². The van der Waals surface area contributed by atoms with Crippen molar-refractivity contribution < 1.29 is 14.6 Å². The number of aliphatic hydroxyl groups is 1. The normalized spacial score (nSPS) is 20.9. The topological polar surface area (TPSA) is 41.9 Å². The second-order valence-corrected chi connectivity index (χ2v) is 4.66. The maximum Gasteiger partial charge on any atom is 0.137 e. The number of morpholine rings is 1. The van der Waals surface area contributed by atoms with Gasteiger partial charge in [0.2, 0.25) is 0 Å². The zero-order valence-electron chi connectivity index (χ0n) is 10.2. The van der Waals surface area contributed by atoms with Gasteiger partial charge < -0.3 is 14.6 Å². The number of para-hydroxylation sites is 1. The van der Waals surface area contributed by atoms with Gasteiger partial charge in [0.15, 0.2) is 0 Å². The van der Waals surface area contributed by atoms with E-state index in [0.29, 0.717) is 24.0 Å². The van der Waals surface area contributed by atoms with E-state index in [9.17, 15) is 0 Å². The first-order chi connectivity index (χ1) is 8.79. The Balaban J connectivity index is 1.73. The fraction of sp³-hybridized carbons (Fsp3) is 0.538. The number of nitrogens with zero attached hydrogens (tertiary/aromatic N) is 1. The van der Waals surface area contributed by atoms with Gasteiger partial charge in [-0.05, 0) is 12.1 Å². The molecule has 1 heterocycles. The van der Waals surface area contributed by atoms with E-state index in [-0.39, 0.29) is 12.7 Å². The Kier molecular flexibility index (Phi) is 5.26. The summed E-state index contributed by atoms with van der Waals surface area (Å²) in [6.07, 6.45) is -0.0703. The van der Waals surface area contributed by atoms with Crippen LogP contribution >= 0.6 is 11.6 Å². The van der Waals surface area contributed by atoms with E-state index in [4.69, 9.17) is 26.2 Å². The molecule has 0 aliphatic carbocycles. The fourth-order valence-electron chi connectivity index (χ4n) is 1.94. The minimum atomic E-state index is -0.0703. The summed E-state index contributed by atoms with van der Waals surface area (Å²) < 4.78 is 11.0. The predicted molar refractivity (Wildman–Crippen MR) is 70.2 cm³/mol. The molecule has 0 saturated carbocycles. The summed E-state index contributed by atoms with van der Waals surface area (Å²) in [6.45, 7) is 3.76. The molecule has 1 fully saturated rings. The summed E-state index contributed by atoms with van der Waals surface area (Å²) in [5.41, 5.74) is 0. The second-order valence-electron chi connectivity index (χ2n) is 4.25. The molecule has 0 amide bonds. The Morgan fingerprint density at radius 3 is 3.06 bits per heavy atom. The summed E-state index contributed by atoms with van der Waals surface area (Å²) in [5.74, 6) is 0.714. The lowest BCUT2D eigenvalue weighted by molar-refractivity contribution is -0.0547. The van der Waals surface area contributed by atoms with Gasteiger partial charge in [-0.25, -0.2) is 0 Å². The van der Waals surface area contributed by atoms with Crippen molar-refractivity contribution in [1.29, 1.82) is 0 Å². The monoisotopic (exact) mass is 271 g/mol. The molecule has 0 aromatic heterocycles. The van der Waals surface area contributed by atoms with Crippen molar-refractivity contribution in [2.45, 2.75) is 6.10 Å². The third kappa shape index (κ3) is 3.85. The number of benzene rings is 1. The van der Waals surface area contributed by atoms with Crippen LogP contribution in [0.4, 0.5) is 0 Å². The summed E-state index contributed by atoms with van der Waals surface area (Å²) >= 11 is 6.00. The maximum atomic E-state index is 9.05. The standard InChI is InChI=1S/C13H18ClNO3/c14-12-3-1-2-4-13(12)18-8-6-15-5-7-17-11(9-15)10-16/h1-4,11,16H,5-10H2. The summed E-state index contributed by atoms with van der Waals surface area (Å²) in [6, 6.07) is 7.45. The lowest BCUT2D eigenvalue weighted by atomic mass is 10.3. The van der Waals surface area contributed by atoms with Gasteiger partial charge >= 0.3 is 0 Å². The molecule has 5 heteroatoms. The molecule has 100 valence electrons. The molecule has 1 saturated heterocycles. The van der Waals surface area contributed by atoms with Crippen LogP contribution in [-0.4, -0.2) is 55.6 Å². The molecule has 1 atom stereocenters. The lowest BCUT2D eigenvalue weighted by Crippen LogP contribution is -2.45. The molecule has 1 aromatic rings. The van der Waals surface area contributed by atoms with Gasteiger partial charge in [0.05, 0.1) is 24.3 Å². The highest BCUT2D eigenvalue weighted by Gasteiger charge is 2.19. The van der Waals surface area contributed by atoms with Crippen molar-refractivity contribution in [2.75, 3.05) is 39.5 Å². The van der Waals surface area contributed by atoms with Gasteiger partial charge in [0.1, 0.15) is 12.4 Å². The quantitative estimate of drug-likeness (QED) is 0.879. The van der Waals surface area contributed by atoms with E-state index in [1.54, 1.807) is 0 Å². The van der Waals surface area contributed by atoms with Crippen LogP contribution < -0.4 is 4.74 Å². The van der Waals surface area contributed by atoms with E-state index in [1.807, 2.05) is 24.3 Å². The first kappa shape index (κ1) is 13.6. The van der Waals surface area contributed by atoms with E-state index in [0.717, 1.165) is 19.6 Å². The molecule has 1 N–H and O–H groups in total. The third-order valence-corrected chi connectivity index (χ3v) is 3.24. The lowest BCUT2D eigenvalue weighted by Gasteiger charge is -2.31. The van der Waals surface area contributed by atoms with Crippen LogP contribution in [0.1, 0.15) is 0 Å². The van der Waals surface area contributed by atoms with Gasteiger partial charge in [0.25, 0.3) is 0 Å². The smallest absolute Gasteiger partial charge is 0.137 e. The number of halogens is 1. The van der Waals surface area contributed by atoms with Crippen molar-refractivity contribution in [2.24, 2.45) is 0 Å². The van der Waals surface area contributed by atoms with Crippen molar-refractivity contribution in [3.05, 3.63) is 29.3 Å². The zero-order valence-corrected chi connectivity index (χ0v) is 11.0. The summed E-state index contributed by atoms with van der Waals surface area (Å²) in [7, 11) is 0. The van der Waals surface area contributed by atoms with Crippen LogP contribution in [-0.2, 0) is 4.74 Å². The van der Waals surface area contributed by atoms with Crippen molar-refractivity contribution in [3.8, 4) is 5.75 Å². The number of ether oxygens (including phenoxy) is 2.